The number of anilines is 1. The van der Waals surface area contributed by atoms with Crippen molar-refractivity contribution >= 4 is 72.7 Å². The minimum absolute atomic E-state index is 0.101. The molecule has 0 unspecified atom stereocenters. The van der Waals surface area contributed by atoms with Gasteiger partial charge >= 0.3 is 23.9 Å². The highest BCUT2D eigenvalue weighted by Gasteiger charge is 2.32. The van der Waals surface area contributed by atoms with Gasteiger partial charge in [0.15, 0.2) is 0 Å². The zero-order valence-electron chi connectivity index (χ0n) is 24.8. The maximum absolute atomic E-state index is 13.0. The highest BCUT2D eigenvalue weighted by atomic mass is 16.6. The molecular weight excluding hydrogens is 558 g/mol. The summed E-state index contributed by atoms with van der Waals surface area (Å²) in [6.07, 6.45) is 12.1. The number of unbranched alkanes of at least 4 members (excludes halogenated alkanes) is 9. The van der Waals surface area contributed by atoms with E-state index in [9.17, 15) is 29.4 Å². The lowest BCUT2D eigenvalue weighted by Crippen LogP contribution is -2.20. The van der Waals surface area contributed by atoms with Crippen molar-refractivity contribution in [3.05, 3.63) is 64.7 Å². The Morgan fingerprint density at radius 2 is 1.16 bits per heavy atom. The fraction of sp³-hybridized carbons (Fsp3) is 0.333. The molecule has 0 atom stereocenters. The normalized spacial score (nSPS) is 12.9. The number of aromatic carboxylic acids is 2. The molecule has 0 bridgehead atoms. The molecule has 8 heteroatoms. The Bertz CT molecular complexity index is 1940. The second-order valence-corrected chi connectivity index (χ2v) is 11.7. The van der Waals surface area contributed by atoms with Crippen LogP contribution in [-0.4, -0.2) is 40.6 Å². The molecular formula is C36H35NO7. The van der Waals surface area contributed by atoms with Gasteiger partial charge in [-0.05, 0) is 52.2 Å². The first-order valence-electron chi connectivity index (χ1n) is 15.5. The predicted molar refractivity (Wildman–Crippen MR) is 172 cm³/mol. The minimum Gasteiger partial charge on any atom is -0.478 e. The van der Waals surface area contributed by atoms with E-state index in [1.807, 2.05) is 0 Å². The highest BCUT2D eigenvalue weighted by molar-refractivity contribution is 6.40. The Morgan fingerprint density at radius 3 is 1.80 bits per heavy atom. The molecule has 1 aliphatic heterocycles. The molecule has 0 spiro atoms. The van der Waals surface area contributed by atoms with Crippen molar-refractivity contribution in [2.75, 3.05) is 11.9 Å². The van der Waals surface area contributed by atoms with Crippen molar-refractivity contribution in [1.29, 1.82) is 0 Å². The van der Waals surface area contributed by atoms with E-state index in [4.69, 9.17) is 4.74 Å². The van der Waals surface area contributed by atoms with Crippen LogP contribution < -0.4 is 5.32 Å². The van der Waals surface area contributed by atoms with Gasteiger partial charge in [0, 0.05) is 33.8 Å². The monoisotopic (exact) mass is 593 g/mol. The van der Waals surface area contributed by atoms with E-state index < -0.39 is 23.9 Å². The van der Waals surface area contributed by atoms with Gasteiger partial charge in [-0.3, -0.25) is 0 Å². The number of fused-ring (bicyclic) bond motifs is 2. The molecule has 5 aromatic carbocycles. The lowest BCUT2D eigenvalue weighted by atomic mass is 9.83. The summed E-state index contributed by atoms with van der Waals surface area (Å²) >= 11 is 0. The second-order valence-electron chi connectivity index (χ2n) is 11.7. The van der Waals surface area contributed by atoms with Crippen LogP contribution in [-0.2, 0) is 4.74 Å². The molecule has 1 aliphatic rings. The topological polar surface area (TPSA) is 130 Å². The molecule has 5 aromatic rings. The first-order valence-corrected chi connectivity index (χ1v) is 15.5. The van der Waals surface area contributed by atoms with Gasteiger partial charge in [0.05, 0.1) is 22.3 Å². The van der Waals surface area contributed by atoms with Crippen LogP contribution in [0.15, 0.2) is 42.5 Å². The first-order chi connectivity index (χ1) is 21.3. The second kappa shape index (κ2) is 12.1. The van der Waals surface area contributed by atoms with Gasteiger partial charge < -0.3 is 20.3 Å². The van der Waals surface area contributed by atoms with Gasteiger partial charge in [-0.15, -0.1) is 0 Å². The van der Waals surface area contributed by atoms with Gasteiger partial charge in [-0.2, -0.15) is 0 Å². The number of carbonyl (C=O) groups is 4. The van der Waals surface area contributed by atoms with Crippen LogP contribution in [0.3, 0.4) is 0 Å². The third kappa shape index (κ3) is 4.98. The molecule has 0 amide bonds. The standard InChI is InChI=1S/C36H35NO7/c1-2-3-4-5-6-7-8-9-10-11-18-37-27-19-26-30-25(35(42)44-36(26)43)17-13-21-20-12-15-23(33(38)39)29-24(34(40)41)16-14-22(28(20)29)31(27)32(21)30/h12-17,19,37H,2-11,18H2,1H3,(H,38,39)(H,40,41). The fourth-order valence-corrected chi connectivity index (χ4v) is 6.85. The number of hydrogen-bond donors (Lipinski definition) is 3. The Kier molecular flexibility index (Phi) is 8.08. The molecule has 3 N–H and O–H groups in total. The maximum Gasteiger partial charge on any atom is 0.346 e. The van der Waals surface area contributed by atoms with Gasteiger partial charge in [0.2, 0.25) is 0 Å². The molecule has 0 saturated heterocycles. The van der Waals surface area contributed by atoms with Gasteiger partial charge in [0.25, 0.3) is 0 Å². The van der Waals surface area contributed by atoms with Crippen molar-refractivity contribution in [1.82, 2.24) is 0 Å². The number of rotatable bonds is 14. The Balaban J connectivity index is 1.44. The smallest absolute Gasteiger partial charge is 0.346 e. The summed E-state index contributed by atoms with van der Waals surface area (Å²) in [6, 6.07) is 11.3. The summed E-state index contributed by atoms with van der Waals surface area (Å²) in [4.78, 5) is 50.3. The van der Waals surface area contributed by atoms with Gasteiger partial charge in [-0.1, -0.05) is 82.9 Å². The van der Waals surface area contributed by atoms with E-state index in [1.54, 1.807) is 30.3 Å². The van der Waals surface area contributed by atoms with E-state index in [0.29, 0.717) is 49.9 Å². The van der Waals surface area contributed by atoms with Crippen LogP contribution in [0.4, 0.5) is 5.69 Å². The van der Waals surface area contributed by atoms with Crippen LogP contribution in [0.2, 0.25) is 0 Å². The Labute approximate surface area is 254 Å². The third-order valence-corrected chi connectivity index (χ3v) is 8.93. The number of carboxylic acids is 2. The number of cyclic esters (lactones) is 2. The number of esters is 2. The number of carboxylic acid groups (broad SMARTS) is 2. The number of carbonyl (C=O) groups excluding carboxylic acids is 2. The largest absolute Gasteiger partial charge is 0.478 e. The van der Waals surface area contributed by atoms with Crippen molar-refractivity contribution < 1.29 is 34.1 Å². The van der Waals surface area contributed by atoms with Crippen LogP contribution in [0.25, 0.3) is 43.1 Å². The Hall–Kier alpha value is -4.72. The molecule has 6 rings (SSSR count). The van der Waals surface area contributed by atoms with E-state index >= 15 is 0 Å². The first kappa shape index (κ1) is 29.4. The fourth-order valence-electron chi connectivity index (χ4n) is 6.85. The number of hydrogen-bond acceptors (Lipinski definition) is 6. The third-order valence-electron chi connectivity index (χ3n) is 8.93. The maximum atomic E-state index is 13.0. The number of benzene rings is 5. The van der Waals surface area contributed by atoms with Crippen molar-refractivity contribution in [3.63, 3.8) is 0 Å². The molecule has 1 heterocycles. The summed E-state index contributed by atoms with van der Waals surface area (Å²) in [5.41, 5.74) is 1.02. The molecule has 8 nitrogen and oxygen atoms in total. The number of nitrogens with one attached hydrogen (secondary N) is 1. The van der Waals surface area contributed by atoms with Gasteiger partial charge in [-0.25, -0.2) is 19.2 Å². The molecule has 0 fully saturated rings. The zero-order chi connectivity index (χ0) is 31.0. The van der Waals surface area contributed by atoms with Crippen LogP contribution in [0.1, 0.15) is 113 Å². The van der Waals surface area contributed by atoms with E-state index in [1.165, 1.54) is 57.1 Å². The van der Waals surface area contributed by atoms with Crippen molar-refractivity contribution in [2.45, 2.75) is 71.1 Å². The van der Waals surface area contributed by atoms with Crippen molar-refractivity contribution in [3.8, 4) is 0 Å². The summed E-state index contributed by atoms with van der Waals surface area (Å²) in [6.45, 7) is 2.87. The summed E-state index contributed by atoms with van der Waals surface area (Å²) in [7, 11) is 0. The lowest BCUT2D eigenvalue weighted by Gasteiger charge is -2.23. The van der Waals surface area contributed by atoms with E-state index in [-0.39, 0.29) is 27.6 Å². The molecule has 0 saturated carbocycles. The lowest BCUT2D eigenvalue weighted by molar-refractivity contribution is 0.0390. The van der Waals surface area contributed by atoms with Crippen LogP contribution >= 0.6 is 0 Å². The van der Waals surface area contributed by atoms with Crippen LogP contribution in [0.5, 0.6) is 0 Å². The summed E-state index contributed by atoms with van der Waals surface area (Å²) in [5.74, 6) is -3.88. The zero-order valence-corrected chi connectivity index (χ0v) is 24.8. The molecule has 0 aliphatic carbocycles. The van der Waals surface area contributed by atoms with Gasteiger partial charge in [0.1, 0.15) is 0 Å². The summed E-state index contributed by atoms with van der Waals surface area (Å²) in [5, 5.41) is 28.1. The Morgan fingerprint density at radius 1 is 0.614 bits per heavy atom. The molecule has 226 valence electrons. The quantitative estimate of drug-likeness (QED) is 0.0383. The van der Waals surface area contributed by atoms with Crippen molar-refractivity contribution in [2.24, 2.45) is 0 Å². The van der Waals surface area contributed by atoms with Crippen LogP contribution in [0, 0.1) is 0 Å². The average molecular weight is 594 g/mol. The highest BCUT2D eigenvalue weighted by Crippen LogP contribution is 2.47. The van der Waals surface area contributed by atoms with E-state index in [0.717, 1.165) is 19.3 Å². The van der Waals surface area contributed by atoms with E-state index in [2.05, 4.69) is 12.2 Å². The predicted octanol–water partition coefficient (Wildman–Crippen LogP) is 8.78. The average Bonchev–Trinajstić information content (AvgIpc) is 3.00. The molecule has 0 aromatic heterocycles. The molecule has 0 radical (unpaired) electrons. The minimum atomic E-state index is -1.22. The summed E-state index contributed by atoms with van der Waals surface area (Å²) < 4.78 is 5.08. The number of ether oxygens (including phenoxy) is 1. The molecule has 44 heavy (non-hydrogen) atoms. The SMILES string of the molecule is CCCCCCCCCCCCNc1cc2c3c(ccc4c5ccc(C(=O)O)c6c(C(=O)O)ccc(c1c34)c65)C(=O)OC2=O.